The maximum Gasteiger partial charge on any atom is 0.224 e. The summed E-state index contributed by atoms with van der Waals surface area (Å²) in [6.45, 7) is 0.738. The van der Waals surface area contributed by atoms with E-state index in [-0.39, 0.29) is 24.0 Å². The number of ether oxygens (including phenoxy) is 1. The number of hydrogen-bond donors (Lipinski definition) is 1. The zero-order valence-corrected chi connectivity index (χ0v) is 13.9. The van der Waals surface area contributed by atoms with Gasteiger partial charge in [0, 0.05) is 31.3 Å². The Morgan fingerprint density at radius 3 is 2.88 bits per heavy atom. The van der Waals surface area contributed by atoms with Gasteiger partial charge in [-0.15, -0.1) is 0 Å². The number of benzene rings is 1. The molecule has 0 unspecified atom stereocenters. The van der Waals surface area contributed by atoms with Gasteiger partial charge >= 0.3 is 0 Å². The first-order valence-electron chi connectivity index (χ1n) is 8.68. The van der Waals surface area contributed by atoms with Crippen LogP contribution in [0.15, 0.2) is 42.7 Å². The molecule has 1 amide bonds. The van der Waals surface area contributed by atoms with Crippen molar-refractivity contribution < 1.29 is 9.53 Å². The molecule has 1 aliphatic heterocycles. The molecule has 5 heteroatoms. The number of nitrogens with one attached hydrogen (secondary N) is 1. The Kier molecular flexibility index (Phi) is 4.10. The molecule has 2 aromatic rings. The van der Waals surface area contributed by atoms with Crippen LogP contribution in [0.25, 0.3) is 0 Å². The van der Waals surface area contributed by atoms with E-state index in [1.165, 1.54) is 5.56 Å². The lowest BCUT2D eigenvalue weighted by Crippen LogP contribution is -2.43. The van der Waals surface area contributed by atoms with Gasteiger partial charge in [-0.2, -0.15) is 5.10 Å². The first kappa shape index (κ1) is 15.4. The van der Waals surface area contributed by atoms with Gasteiger partial charge in [-0.25, -0.2) is 0 Å². The number of aromatic nitrogens is 2. The van der Waals surface area contributed by atoms with Crippen LogP contribution < -0.4 is 5.32 Å². The van der Waals surface area contributed by atoms with Crippen LogP contribution in [0, 0.1) is 5.92 Å². The fraction of sp³-hybridized carbons (Fsp3) is 0.474. The molecule has 1 saturated carbocycles. The van der Waals surface area contributed by atoms with Gasteiger partial charge in [-0.3, -0.25) is 9.48 Å². The molecule has 1 aromatic carbocycles. The number of hydrogen-bond acceptors (Lipinski definition) is 3. The molecule has 5 nitrogen and oxygen atoms in total. The zero-order chi connectivity index (χ0) is 16.5. The van der Waals surface area contributed by atoms with Gasteiger partial charge in [0.1, 0.15) is 6.10 Å². The summed E-state index contributed by atoms with van der Waals surface area (Å²) >= 11 is 0. The number of carbonyl (C=O) groups excluding carboxylic acids is 1. The minimum atomic E-state index is -0.0923. The summed E-state index contributed by atoms with van der Waals surface area (Å²) < 4.78 is 7.71. The zero-order valence-electron chi connectivity index (χ0n) is 13.9. The fourth-order valence-corrected chi connectivity index (χ4v) is 3.69. The average molecular weight is 325 g/mol. The second-order valence-electron chi connectivity index (χ2n) is 6.86. The highest BCUT2D eigenvalue weighted by molar-refractivity contribution is 5.83. The van der Waals surface area contributed by atoms with Crippen LogP contribution in [-0.4, -0.2) is 28.3 Å². The van der Waals surface area contributed by atoms with Crippen LogP contribution in [-0.2, 0) is 16.6 Å². The van der Waals surface area contributed by atoms with Crippen LogP contribution in [0.1, 0.15) is 42.4 Å². The second kappa shape index (κ2) is 6.40. The largest absolute Gasteiger partial charge is 0.371 e. The van der Waals surface area contributed by atoms with Crippen molar-refractivity contribution in [2.24, 2.45) is 13.0 Å². The third kappa shape index (κ3) is 3.08. The minimum absolute atomic E-state index is 0.0347. The normalized spacial score (nSPS) is 29.2. The predicted molar refractivity (Wildman–Crippen MR) is 90.4 cm³/mol. The molecule has 4 atom stereocenters. The van der Waals surface area contributed by atoms with Gasteiger partial charge < -0.3 is 10.1 Å². The van der Waals surface area contributed by atoms with Gasteiger partial charge in [0.25, 0.3) is 0 Å². The molecule has 1 aromatic heterocycles. The van der Waals surface area contributed by atoms with Crippen LogP contribution in [0.5, 0.6) is 0 Å². The number of amides is 1. The van der Waals surface area contributed by atoms with Crippen molar-refractivity contribution in [3.8, 4) is 0 Å². The molecule has 2 fully saturated rings. The third-order valence-electron chi connectivity index (χ3n) is 5.06. The summed E-state index contributed by atoms with van der Waals surface area (Å²) in [5, 5.41) is 7.47. The summed E-state index contributed by atoms with van der Waals surface area (Å²) in [5.41, 5.74) is 2.30. The Labute approximate surface area is 142 Å². The van der Waals surface area contributed by atoms with E-state index in [2.05, 4.69) is 22.5 Å². The summed E-state index contributed by atoms with van der Waals surface area (Å²) in [6.07, 6.45) is 6.59. The second-order valence-corrected chi connectivity index (χ2v) is 6.86. The molecular formula is C19H23N3O2. The maximum atomic E-state index is 12.7. The van der Waals surface area contributed by atoms with Crippen LogP contribution in [0.2, 0.25) is 0 Å². The van der Waals surface area contributed by atoms with Crippen molar-refractivity contribution >= 4 is 5.91 Å². The van der Waals surface area contributed by atoms with E-state index in [1.54, 1.807) is 4.68 Å². The molecule has 4 rings (SSSR count). The van der Waals surface area contributed by atoms with Gasteiger partial charge in [-0.1, -0.05) is 30.3 Å². The van der Waals surface area contributed by atoms with Gasteiger partial charge in [-0.05, 0) is 30.7 Å². The highest BCUT2D eigenvalue weighted by Crippen LogP contribution is 2.47. The third-order valence-corrected chi connectivity index (χ3v) is 5.06. The average Bonchev–Trinajstić information content (AvgIpc) is 3.31. The van der Waals surface area contributed by atoms with Crippen LogP contribution in [0.4, 0.5) is 0 Å². The molecule has 126 valence electrons. The van der Waals surface area contributed by atoms with E-state index in [1.807, 2.05) is 37.6 Å². The molecule has 1 aliphatic carbocycles. The first-order valence-corrected chi connectivity index (χ1v) is 8.68. The molecule has 0 radical (unpaired) electrons. The minimum Gasteiger partial charge on any atom is -0.371 e. The molecular weight excluding hydrogens is 302 g/mol. The Bertz CT molecular complexity index is 712. The molecule has 1 N–H and O–H groups in total. The fourth-order valence-electron chi connectivity index (χ4n) is 3.69. The topological polar surface area (TPSA) is 56.1 Å². The summed E-state index contributed by atoms with van der Waals surface area (Å²) in [5.74, 6) is 0.629. The molecule has 24 heavy (non-hydrogen) atoms. The lowest BCUT2D eigenvalue weighted by Gasteiger charge is -2.32. The monoisotopic (exact) mass is 325 g/mol. The standard InChI is InChI=1S/C19H23N3O2/c1-22-12-14(11-20-22)18-17(8-5-9-24-18)21-19(23)16-10-15(16)13-6-3-2-4-7-13/h2-4,6-7,11-12,15-18H,5,8-10H2,1H3,(H,21,23)/t15-,16+,17-,18+/m0/s1. The van der Waals surface area contributed by atoms with Crippen molar-refractivity contribution in [2.45, 2.75) is 37.3 Å². The van der Waals surface area contributed by atoms with Crippen molar-refractivity contribution in [1.29, 1.82) is 0 Å². The SMILES string of the molecule is Cn1cc([C@H]2OCCC[C@@H]2NC(=O)[C@@H]2C[C@H]2c2ccccc2)cn1. The maximum absolute atomic E-state index is 12.7. The molecule has 2 aliphatic rings. The quantitative estimate of drug-likeness (QED) is 0.940. The van der Waals surface area contributed by atoms with Crippen LogP contribution >= 0.6 is 0 Å². The lowest BCUT2D eigenvalue weighted by molar-refractivity contribution is -0.125. The van der Waals surface area contributed by atoms with Crippen molar-refractivity contribution in [3.05, 3.63) is 53.9 Å². The molecule has 2 heterocycles. The first-order chi connectivity index (χ1) is 11.7. The van der Waals surface area contributed by atoms with Gasteiger partial charge in [0.05, 0.1) is 12.2 Å². The van der Waals surface area contributed by atoms with E-state index in [9.17, 15) is 4.79 Å². The summed E-state index contributed by atoms with van der Waals surface area (Å²) in [6, 6.07) is 10.3. The van der Waals surface area contributed by atoms with Crippen LogP contribution in [0.3, 0.4) is 0 Å². The number of carbonyl (C=O) groups is 1. The Balaban J connectivity index is 1.41. The molecule has 0 bridgehead atoms. The Morgan fingerprint density at radius 2 is 2.12 bits per heavy atom. The number of aryl methyl sites for hydroxylation is 1. The Hall–Kier alpha value is -2.14. The molecule has 0 spiro atoms. The Morgan fingerprint density at radius 1 is 1.29 bits per heavy atom. The predicted octanol–water partition coefficient (Wildman–Crippen LogP) is 2.56. The number of nitrogens with zero attached hydrogens (tertiary/aromatic N) is 2. The number of rotatable bonds is 4. The van der Waals surface area contributed by atoms with Crippen molar-refractivity contribution in [2.75, 3.05) is 6.61 Å². The van der Waals surface area contributed by atoms with E-state index >= 15 is 0 Å². The summed E-state index contributed by atoms with van der Waals surface area (Å²) in [7, 11) is 1.90. The van der Waals surface area contributed by atoms with E-state index in [0.29, 0.717) is 5.92 Å². The smallest absolute Gasteiger partial charge is 0.224 e. The van der Waals surface area contributed by atoms with E-state index < -0.39 is 0 Å². The van der Waals surface area contributed by atoms with Gasteiger partial charge in [0.15, 0.2) is 0 Å². The van der Waals surface area contributed by atoms with Crippen molar-refractivity contribution in [3.63, 3.8) is 0 Å². The lowest BCUT2D eigenvalue weighted by atomic mass is 9.97. The van der Waals surface area contributed by atoms with E-state index in [0.717, 1.165) is 31.4 Å². The molecule has 1 saturated heterocycles. The van der Waals surface area contributed by atoms with Gasteiger partial charge in [0.2, 0.25) is 5.91 Å². The van der Waals surface area contributed by atoms with Crippen molar-refractivity contribution in [1.82, 2.24) is 15.1 Å². The highest BCUT2D eigenvalue weighted by atomic mass is 16.5. The highest BCUT2D eigenvalue weighted by Gasteiger charge is 2.45. The summed E-state index contributed by atoms with van der Waals surface area (Å²) in [4.78, 5) is 12.7. The van der Waals surface area contributed by atoms with E-state index in [4.69, 9.17) is 4.74 Å².